The molecule has 0 spiro atoms. The van der Waals surface area contributed by atoms with Crippen LogP contribution in [0.1, 0.15) is 5.56 Å². The molecule has 0 fully saturated rings. The summed E-state index contributed by atoms with van der Waals surface area (Å²) in [6.45, 7) is 0. The molecule has 6 nitrogen and oxygen atoms in total. The largest absolute Gasteiger partial charge is 0.497 e. The summed E-state index contributed by atoms with van der Waals surface area (Å²) in [5.74, 6) is -0.0602. The van der Waals surface area contributed by atoms with Crippen molar-refractivity contribution >= 4 is 32.1 Å². The quantitative estimate of drug-likeness (QED) is 0.628. The molecule has 10 heteroatoms. The van der Waals surface area contributed by atoms with E-state index in [-0.39, 0.29) is 5.56 Å². The molecule has 3 aromatic rings. The van der Waals surface area contributed by atoms with E-state index in [1.165, 1.54) is 38.5 Å². The lowest BCUT2D eigenvalue weighted by atomic mass is 10.1. The van der Waals surface area contributed by atoms with E-state index in [2.05, 4.69) is 10.3 Å². The second-order valence-electron chi connectivity index (χ2n) is 6.11. The van der Waals surface area contributed by atoms with E-state index in [1.807, 2.05) is 0 Å². The number of hydrogen-bond donors (Lipinski definition) is 1. The summed E-state index contributed by atoms with van der Waals surface area (Å²) in [5, 5.41) is 3.89. The maximum Gasteiger partial charge on any atom is 0.497 e. The number of halogens is 3. The minimum absolute atomic E-state index is 0.0406. The average Bonchev–Trinajstić information content (AvgIpc) is 2.67. The van der Waals surface area contributed by atoms with Gasteiger partial charge in [-0.2, -0.15) is 13.2 Å². The van der Waals surface area contributed by atoms with Gasteiger partial charge in [0.15, 0.2) is 11.5 Å². The third-order valence-corrected chi connectivity index (χ3v) is 5.61. The van der Waals surface area contributed by atoms with Gasteiger partial charge in [-0.1, -0.05) is 12.1 Å². The number of rotatable bonds is 6. The fourth-order valence-electron chi connectivity index (χ4n) is 2.72. The summed E-state index contributed by atoms with van der Waals surface area (Å²) < 4.78 is 70.7. The zero-order valence-corrected chi connectivity index (χ0v) is 16.3. The van der Waals surface area contributed by atoms with Crippen LogP contribution >= 0.6 is 0 Å². The fraction of sp³-hybridized carbons (Fsp3) is 0.211. The number of benzene rings is 2. The van der Waals surface area contributed by atoms with Crippen LogP contribution in [0.2, 0.25) is 0 Å². The van der Waals surface area contributed by atoms with Gasteiger partial charge in [-0.3, -0.25) is 4.98 Å². The molecule has 0 radical (unpaired) electrons. The standard InChI is InChI=1S/C19H17F3N2O4S/c1-27-17-9-14-15(7-8-23-16(14)10-18(17)28-2)24-13-5-3-12(4-6-13)11-29(25,26)19(20,21)22/h3-10H,11H2,1-2H3,(H,23,24). The third-order valence-electron chi connectivity index (χ3n) is 4.19. The number of nitrogens with one attached hydrogen (secondary N) is 1. The molecule has 0 saturated carbocycles. The van der Waals surface area contributed by atoms with Gasteiger partial charge >= 0.3 is 5.51 Å². The highest BCUT2D eigenvalue weighted by molar-refractivity contribution is 7.91. The number of alkyl halides is 3. The van der Waals surface area contributed by atoms with Crippen molar-refractivity contribution in [3.63, 3.8) is 0 Å². The van der Waals surface area contributed by atoms with Crippen molar-refractivity contribution in [1.82, 2.24) is 4.98 Å². The molecule has 2 aromatic carbocycles. The first-order chi connectivity index (χ1) is 13.6. The molecule has 0 aliphatic heterocycles. The Balaban J connectivity index is 1.88. The first-order valence-corrected chi connectivity index (χ1v) is 9.95. The van der Waals surface area contributed by atoms with Crippen molar-refractivity contribution < 1.29 is 31.1 Å². The minimum atomic E-state index is -5.28. The maximum atomic E-state index is 12.5. The Kier molecular flexibility index (Phi) is 5.56. The lowest BCUT2D eigenvalue weighted by Crippen LogP contribution is -2.24. The van der Waals surface area contributed by atoms with Gasteiger partial charge in [0.2, 0.25) is 0 Å². The number of nitrogens with zero attached hydrogens (tertiary/aromatic N) is 1. The molecular weight excluding hydrogens is 409 g/mol. The van der Waals surface area contributed by atoms with Gasteiger partial charge in [-0.25, -0.2) is 8.42 Å². The van der Waals surface area contributed by atoms with Crippen molar-refractivity contribution in [3.8, 4) is 11.5 Å². The average molecular weight is 426 g/mol. The van der Waals surface area contributed by atoms with Crippen molar-refractivity contribution in [2.75, 3.05) is 19.5 Å². The van der Waals surface area contributed by atoms with Crippen molar-refractivity contribution in [1.29, 1.82) is 0 Å². The Bertz CT molecular complexity index is 1130. The smallest absolute Gasteiger partial charge is 0.493 e. The van der Waals surface area contributed by atoms with Crippen LogP contribution in [0.4, 0.5) is 24.5 Å². The van der Waals surface area contributed by atoms with Crippen LogP contribution in [0.5, 0.6) is 11.5 Å². The first-order valence-electron chi connectivity index (χ1n) is 8.30. The van der Waals surface area contributed by atoms with E-state index < -0.39 is 21.1 Å². The van der Waals surface area contributed by atoms with Gasteiger partial charge in [-0.15, -0.1) is 0 Å². The number of aromatic nitrogens is 1. The molecule has 154 valence electrons. The number of hydrogen-bond acceptors (Lipinski definition) is 6. The summed E-state index contributed by atoms with van der Waals surface area (Å²) in [5.41, 5.74) is -3.33. The molecule has 1 aromatic heterocycles. The monoisotopic (exact) mass is 426 g/mol. The van der Waals surface area contributed by atoms with Crippen molar-refractivity contribution in [3.05, 3.63) is 54.2 Å². The number of methoxy groups -OCH3 is 2. The normalized spacial score (nSPS) is 12.0. The van der Waals surface area contributed by atoms with Crippen LogP contribution in [-0.2, 0) is 15.6 Å². The Morgan fingerprint density at radius 2 is 1.62 bits per heavy atom. The zero-order chi connectivity index (χ0) is 21.2. The van der Waals surface area contributed by atoms with E-state index in [9.17, 15) is 21.6 Å². The van der Waals surface area contributed by atoms with Gasteiger partial charge in [0.25, 0.3) is 9.84 Å². The van der Waals surface area contributed by atoms with Gasteiger partial charge in [0.05, 0.1) is 25.5 Å². The lowest BCUT2D eigenvalue weighted by Gasteiger charge is -2.13. The Labute approximate surface area is 165 Å². The Morgan fingerprint density at radius 3 is 2.21 bits per heavy atom. The summed E-state index contributed by atoms with van der Waals surface area (Å²) in [7, 11) is -2.19. The number of pyridine rings is 1. The highest BCUT2D eigenvalue weighted by Crippen LogP contribution is 2.35. The Morgan fingerprint density at radius 1 is 1.00 bits per heavy atom. The molecule has 0 bridgehead atoms. The van der Waals surface area contributed by atoms with E-state index in [0.29, 0.717) is 28.4 Å². The molecular formula is C19H17F3N2O4S. The number of anilines is 2. The zero-order valence-electron chi connectivity index (χ0n) is 15.4. The molecule has 1 N–H and O–H groups in total. The summed E-state index contributed by atoms with van der Waals surface area (Å²) >= 11 is 0. The van der Waals surface area contributed by atoms with Crippen LogP contribution in [-0.4, -0.2) is 33.1 Å². The van der Waals surface area contributed by atoms with Crippen LogP contribution in [0.25, 0.3) is 10.9 Å². The maximum absolute atomic E-state index is 12.5. The number of ether oxygens (including phenoxy) is 2. The summed E-state index contributed by atoms with van der Waals surface area (Å²) in [4.78, 5) is 4.30. The summed E-state index contributed by atoms with van der Waals surface area (Å²) in [6.07, 6.45) is 1.60. The van der Waals surface area contributed by atoms with Crippen LogP contribution in [0, 0.1) is 0 Å². The molecule has 0 unspecified atom stereocenters. The molecule has 0 aliphatic carbocycles. The predicted octanol–water partition coefficient (Wildman–Crippen LogP) is 4.43. The molecule has 3 rings (SSSR count). The fourth-order valence-corrected chi connectivity index (χ4v) is 3.52. The molecule has 1 heterocycles. The third kappa shape index (κ3) is 4.37. The second-order valence-corrected chi connectivity index (χ2v) is 8.09. The highest BCUT2D eigenvalue weighted by Gasteiger charge is 2.45. The van der Waals surface area contributed by atoms with E-state index in [1.54, 1.807) is 24.4 Å². The van der Waals surface area contributed by atoms with Gasteiger partial charge < -0.3 is 14.8 Å². The Hall–Kier alpha value is -3.01. The first kappa shape index (κ1) is 20.7. The molecule has 0 saturated heterocycles. The number of sulfone groups is 1. The highest BCUT2D eigenvalue weighted by atomic mass is 32.2. The second kappa shape index (κ2) is 7.78. The topological polar surface area (TPSA) is 77.5 Å². The molecule has 29 heavy (non-hydrogen) atoms. The molecule has 0 aliphatic rings. The number of fused-ring (bicyclic) bond motifs is 1. The van der Waals surface area contributed by atoms with Gasteiger partial charge in [0, 0.05) is 29.0 Å². The lowest BCUT2D eigenvalue weighted by molar-refractivity contribution is -0.0437. The van der Waals surface area contributed by atoms with Crippen molar-refractivity contribution in [2.24, 2.45) is 0 Å². The summed E-state index contributed by atoms with van der Waals surface area (Å²) in [6, 6.07) is 10.9. The van der Waals surface area contributed by atoms with E-state index in [4.69, 9.17) is 9.47 Å². The SMILES string of the molecule is COc1cc2nccc(Nc3ccc(CS(=O)(=O)C(F)(F)F)cc3)c2cc1OC. The molecule has 0 amide bonds. The van der Waals surface area contributed by atoms with Crippen LogP contribution < -0.4 is 14.8 Å². The van der Waals surface area contributed by atoms with Gasteiger partial charge in [0.1, 0.15) is 0 Å². The van der Waals surface area contributed by atoms with Crippen molar-refractivity contribution in [2.45, 2.75) is 11.3 Å². The van der Waals surface area contributed by atoms with Crippen LogP contribution in [0.3, 0.4) is 0 Å². The van der Waals surface area contributed by atoms with E-state index >= 15 is 0 Å². The predicted molar refractivity (Wildman–Crippen MR) is 103 cm³/mol. The minimum Gasteiger partial charge on any atom is -0.493 e. The van der Waals surface area contributed by atoms with Gasteiger partial charge in [-0.05, 0) is 29.8 Å². The molecule has 0 atom stereocenters. The van der Waals surface area contributed by atoms with E-state index in [0.717, 1.165) is 5.39 Å². The van der Waals surface area contributed by atoms with Crippen LogP contribution in [0.15, 0.2) is 48.7 Å².